The third-order valence-corrected chi connectivity index (χ3v) is 2.05. The van der Waals surface area contributed by atoms with E-state index in [2.05, 4.69) is 5.10 Å². The molecule has 7 nitrogen and oxygen atoms in total. The van der Waals surface area contributed by atoms with Crippen molar-refractivity contribution in [2.45, 2.75) is 6.54 Å². The Balaban J connectivity index is 2.18. The van der Waals surface area contributed by atoms with Crippen LogP contribution in [0.5, 0.6) is 0 Å². The molecule has 0 unspecified atom stereocenters. The molecule has 0 saturated heterocycles. The first-order chi connectivity index (χ1) is 7.68. The Morgan fingerprint density at radius 1 is 1.38 bits per heavy atom. The number of H-pyrrole nitrogens is 1. The van der Waals surface area contributed by atoms with Crippen molar-refractivity contribution < 1.29 is 10.4 Å². The van der Waals surface area contributed by atoms with E-state index < -0.39 is 5.56 Å². The van der Waals surface area contributed by atoms with Crippen LogP contribution in [0.2, 0.25) is 0 Å². The number of nitrogens with zero attached hydrogens (tertiary/aromatic N) is 3. The zero-order chi connectivity index (χ0) is 11.5. The van der Waals surface area contributed by atoms with Crippen LogP contribution in [0.1, 0.15) is 5.56 Å². The number of hydrogen-bond acceptors (Lipinski definition) is 5. The van der Waals surface area contributed by atoms with Gasteiger partial charge in [-0.3, -0.25) is 10.0 Å². The van der Waals surface area contributed by atoms with Gasteiger partial charge in [0.2, 0.25) is 5.82 Å². The SMILES string of the molecule is O=c1c(N(O)Cc2ccccc2)n[nH]n1O. The summed E-state index contributed by atoms with van der Waals surface area (Å²) in [6.45, 7) is 0.112. The van der Waals surface area contributed by atoms with Crippen molar-refractivity contribution >= 4 is 5.82 Å². The molecule has 16 heavy (non-hydrogen) atoms. The van der Waals surface area contributed by atoms with E-state index in [1.54, 1.807) is 12.1 Å². The van der Waals surface area contributed by atoms with Gasteiger partial charge in [-0.05, 0) is 5.56 Å². The molecule has 2 rings (SSSR count). The van der Waals surface area contributed by atoms with E-state index in [0.717, 1.165) is 5.56 Å². The van der Waals surface area contributed by atoms with Gasteiger partial charge in [0.05, 0.1) is 6.54 Å². The molecule has 1 heterocycles. The van der Waals surface area contributed by atoms with Crippen molar-refractivity contribution in [2.75, 3.05) is 5.06 Å². The Bertz CT molecular complexity index is 519. The third-order valence-electron chi connectivity index (χ3n) is 2.05. The summed E-state index contributed by atoms with van der Waals surface area (Å²) >= 11 is 0. The number of anilines is 1. The van der Waals surface area contributed by atoms with Crippen LogP contribution in [-0.2, 0) is 6.54 Å². The molecule has 0 amide bonds. The second-order valence-corrected chi connectivity index (χ2v) is 3.20. The van der Waals surface area contributed by atoms with E-state index >= 15 is 0 Å². The highest BCUT2D eigenvalue weighted by molar-refractivity contribution is 5.32. The fourth-order valence-corrected chi connectivity index (χ4v) is 1.28. The van der Waals surface area contributed by atoms with Gasteiger partial charge in [-0.1, -0.05) is 35.2 Å². The Kier molecular flexibility index (Phi) is 2.61. The van der Waals surface area contributed by atoms with Gasteiger partial charge in [-0.2, -0.15) is 5.21 Å². The largest absolute Gasteiger partial charge is 0.409 e. The molecule has 2 aromatic rings. The van der Waals surface area contributed by atoms with Gasteiger partial charge in [-0.25, -0.2) is 5.06 Å². The van der Waals surface area contributed by atoms with Crippen LogP contribution in [0, 0.1) is 0 Å². The molecule has 1 aromatic carbocycles. The number of benzene rings is 1. The van der Waals surface area contributed by atoms with Gasteiger partial charge in [0.25, 0.3) is 0 Å². The zero-order valence-corrected chi connectivity index (χ0v) is 8.24. The van der Waals surface area contributed by atoms with Crippen LogP contribution < -0.4 is 10.6 Å². The van der Waals surface area contributed by atoms with Gasteiger partial charge in [0.1, 0.15) is 0 Å². The number of hydrogen-bond donors (Lipinski definition) is 3. The molecule has 84 valence electrons. The standard InChI is InChI=1S/C9H10N4O3/c14-9-8(10-11-13(9)16)12(15)6-7-4-2-1-3-5-7/h1-5,11,15-16H,6H2. The first-order valence-corrected chi connectivity index (χ1v) is 4.55. The Morgan fingerprint density at radius 2 is 2.06 bits per heavy atom. The second kappa shape index (κ2) is 4.07. The quantitative estimate of drug-likeness (QED) is 0.509. The molecule has 0 aliphatic rings. The second-order valence-electron chi connectivity index (χ2n) is 3.20. The minimum atomic E-state index is -0.807. The Hall–Kier alpha value is -2.28. The van der Waals surface area contributed by atoms with Crippen molar-refractivity contribution in [1.29, 1.82) is 0 Å². The van der Waals surface area contributed by atoms with Gasteiger partial charge in [-0.15, -0.1) is 5.10 Å². The average molecular weight is 222 g/mol. The molecular formula is C9H10N4O3. The highest BCUT2D eigenvalue weighted by atomic mass is 16.5. The summed E-state index contributed by atoms with van der Waals surface area (Å²) in [4.78, 5) is 11.4. The number of nitrogens with one attached hydrogen (secondary N) is 1. The molecule has 0 spiro atoms. The minimum Gasteiger partial charge on any atom is -0.409 e. The summed E-state index contributed by atoms with van der Waals surface area (Å²) in [7, 11) is 0. The molecule has 0 saturated carbocycles. The lowest BCUT2D eigenvalue weighted by Crippen LogP contribution is -2.25. The van der Waals surface area contributed by atoms with Crippen molar-refractivity contribution in [3.63, 3.8) is 0 Å². The van der Waals surface area contributed by atoms with Gasteiger partial charge >= 0.3 is 5.56 Å². The summed E-state index contributed by atoms with van der Waals surface area (Å²) in [5, 5.41) is 24.6. The smallest absolute Gasteiger partial charge is 0.348 e. The maximum atomic E-state index is 11.2. The Labute approximate surface area is 90.1 Å². The number of aromatic amines is 1. The monoisotopic (exact) mass is 222 g/mol. The molecule has 0 radical (unpaired) electrons. The van der Waals surface area contributed by atoms with Gasteiger partial charge < -0.3 is 5.21 Å². The maximum absolute atomic E-state index is 11.2. The summed E-state index contributed by atoms with van der Waals surface area (Å²) in [6, 6.07) is 9.08. The van der Waals surface area contributed by atoms with Crippen LogP contribution >= 0.6 is 0 Å². The number of rotatable bonds is 3. The van der Waals surface area contributed by atoms with Crippen LogP contribution in [0.4, 0.5) is 5.82 Å². The van der Waals surface area contributed by atoms with E-state index in [1.165, 1.54) is 0 Å². The molecule has 0 aliphatic heterocycles. The van der Waals surface area contributed by atoms with Crippen molar-refractivity contribution in [3.05, 3.63) is 46.2 Å². The number of hydroxylamine groups is 1. The van der Waals surface area contributed by atoms with Crippen molar-refractivity contribution in [3.8, 4) is 0 Å². The Morgan fingerprint density at radius 3 is 2.62 bits per heavy atom. The van der Waals surface area contributed by atoms with E-state index in [0.29, 0.717) is 5.06 Å². The fourth-order valence-electron chi connectivity index (χ4n) is 1.28. The van der Waals surface area contributed by atoms with Crippen LogP contribution in [0.15, 0.2) is 35.1 Å². The van der Waals surface area contributed by atoms with Crippen LogP contribution in [0.25, 0.3) is 0 Å². The average Bonchev–Trinajstić information content (AvgIpc) is 2.61. The first-order valence-electron chi connectivity index (χ1n) is 4.55. The van der Waals surface area contributed by atoms with E-state index in [-0.39, 0.29) is 17.2 Å². The molecule has 0 aliphatic carbocycles. The van der Waals surface area contributed by atoms with Crippen LogP contribution in [0.3, 0.4) is 0 Å². The topological polar surface area (TPSA) is 94.4 Å². The van der Waals surface area contributed by atoms with Gasteiger partial charge in [0.15, 0.2) is 0 Å². The van der Waals surface area contributed by atoms with E-state index in [9.17, 15) is 10.0 Å². The molecule has 3 N–H and O–H groups in total. The summed E-state index contributed by atoms with van der Waals surface area (Å²) in [6.07, 6.45) is 0. The van der Waals surface area contributed by atoms with Crippen molar-refractivity contribution in [2.24, 2.45) is 0 Å². The molecular weight excluding hydrogens is 212 g/mol. The van der Waals surface area contributed by atoms with Gasteiger partial charge in [0, 0.05) is 0 Å². The summed E-state index contributed by atoms with van der Waals surface area (Å²) < 4.78 is 0. The van der Waals surface area contributed by atoms with Crippen molar-refractivity contribution in [1.82, 2.24) is 15.2 Å². The third kappa shape index (κ3) is 1.89. The number of aromatic nitrogens is 3. The molecule has 0 bridgehead atoms. The maximum Gasteiger partial charge on any atom is 0.348 e. The lowest BCUT2D eigenvalue weighted by Gasteiger charge is -2.11. The predicted molar refractivity (Wildman–Crippen MR) is 54.4 cm³/mol. The molecule has 0 fully saturated rings. The highest BCUT2D eigenvalue weighted by Gasteiger charge is 2.14. The lowest BCUT2D eigenvalue weighted by molar-refractivity contribution is 0.134. The zero-order valence-electron chi connectivity index (χ0n) is 8.24. The molecule has 0 atom stereocenters. The van der Waals surface area contributed by atoms with E-state index in [4.69, 9.17) is 5.21 Å². The molecule has 1 aromatic heterocycles. The first kappa shape index (κ1) is 10.2. The minimum absolute atomic E-state index is 0.112. The predicted octanol–water partition coefficient (Wildman–Crippen LogP) is 0.204. The van der Waals surface area contributed by atoms with Crippen LogP contribution in [-0.4, -0.2) is 25.6 Å². The summed E-state index contributed by atoms with van der Waals surface area (Å²) in [5.41, 5.74) is 0.00956. The van der Waals surface area contributed by atoms with E-state index in [1.807, 2.05) is 23.4 Å². The highest BCUT2D eigenvalue weighted by Crippen LogP contribution is 2.06. The molecule has 7 heteroatoms. The fraction of sp³-hybridized carbons (Fsp3) is 0.111. The normalized spacial score (nSPS) is 10.3. The lowest BCUT2D eigenvalue weighted by atomic mass is 10.2. The summed E-state index contributed by atoms with van der Waals surface area (Å²) in [5.74, 6) is -0.258.